The van der Waals surface area contributed by atoms with E-state index in [0.29, 0.717) is 16.8 Å². The van der Waals surface area contributed by atoms with E-state index in [-0.39, 0.29) is 11.5 Å². The third kappa shape index (κ3) is 1.77. The first-order valence-electron chi connectivity index (χ1n) is 3.99. The highest BCUT2D eigenvalue weighted by Crippen LogP contribution is 2.07. The maximum absolute atomic E-state index is 11.3. The molecular formula is C9H12N2O2. The molecule has 0 atom stereocenters. The first-order valence-corrected chi connectivity index (χ1v) is 3.99. The van der Waals surface area contributed by atoms with Crippen LogP contribution in [0.5, 0.6) is 0 Å². The number of H-pyrrole nitrogens is 1. The van der Waals surface area contributed by atoms with Crippen molar-refractivity contribution in [1.29, 1.82) is 0 Å². The minimum Gasteiger partial charge on any atom is -0.355 e. The van der Waals surface area contributed by atoms with E-state index in [9.17, 15) is 9.59 Å². The minimum absolute atomic E-state index is 0.175. The van der Waals surface area contributed by atoms with E-state index in [1.165, 1.54) is 6.07 Å². The molecule has 4 nitrogen and oxygen atoms in total. The fraction of sp³-hybridized carbons (Fsp3) is 0.333. The Kier molecular flexibility index (Phi) is 2.51. The molecule has 0 spiro atoms. The van der Waals surface area contributed by atoms with Crippen molar-refractivity contribution in [2.75, 3.05) is 7.05 Å². The molecule has 1 aromatic heterocycles. The summed E-state index contributed by atoms with van der Waals surface area (Å²) in [4.78, 5) is 24.9. The van der Waals surface area contributed by atoms with Crippen molar-refractivity contribution in [1.82, 2.24) is 10.3 Å². The Balaban J connectivity index is 3.37. The van der Waals surface area contributed by atoms with Crippen molar-refractivity contribution in [3.63, 3.8) is 0 Å². The van der Waals surface area contributed by atoms with E-state index in [4.69, 9.17) is 0 Å². The number of aryl methyl sites for hydroxylation is 2. The number of aromatic amines is 1. The van der Waals surface area contributed by atoms with Crippen molar-refractivity contribution in [3.05, 3.63) is 33.2 Å². The van der Waals surface area contributed by atoms with E-state index in [0.717, 1.165) is 0 Å². The van der Waals surface area contributed by atoms with Crippen LogP contribution in [0.4, 0.5) is 0 Å². The molecule has 1 aromatic rings. The maximum Gasteiger partial charge on any atom is 0.253 e. The molecule has 0 saturated carbocycles. The van der Waals surface area contributed by atoms with Gasteiger partial charge in [0.15, 0.2) is 0 Å². The molecule has 0 aliphatic carbocycles. The monoisotopic (exact) mass is 180 g/mol. The molecule has 0 aliphatic rings. The van der Waals surface area contributed by atoms with Crippen LogP contribution in [0.15, 0.2) is 10.9 Å². The number of carbonyl (C=O) groups excluding carboxylic acids is 1. The third-order valence-corrected chi connectivity index (χ3v) is 1.88. The summed E-state index contributed by atoms with van der Waals surface area (Å²) in [7, 11) is 1.56. The lowest BCUT2D eigenvalue weighted by Gasteiger charge is -2.06. The number of aromatic nitrogens is 1. The average Bonchev–Trinajstić information content (AvgIpc) is 2.02. The van der Waals surface area contributed by atoms with Crippen LogP contribution in [0.1, 0.15) is 21.6 Å². The summed E-state index contributed by atoms with van der Waals surface area (Å²) in [6.45, 7) is 3.45. The number of amides is 1. The fourth-order valence-electron chi connectivity index (χ4n) is 1.32. The van der Waals surface area contributed by atoms with Crippen molar-refractivity contribution >= 4 is 5.91 Å². The predicted molar refractivity (Wildman–Crippen MR) is 49.9 cm³/mol. The van der Waals surface area contributed by atoms with E-state index in [2.05, 4.69) is 10.3 Å². The van der Waals surface area contributed by atoms with Gasteiger partial charge < -0.3 is 10.3 Å². The Hall–Kier alpha value is -1.58. The maximum atomic E-state index is 11.3. The van der Waals surface area contributed by atoms with Gasteiger partial charge in [-0.25, -0.2) is 0 Å². The van der Waals surface area contributed by atoms with Crippen molar-refractivity contribution in [3.8, 4) is 0 Å². The number of hydrogen-bond acceptors (Lipinski definition) is 2. The van der Waals surface area contributed by atoms with Crippen molar-refractivity contribution in [2.45, 2.75) is 13.8 Å². The van der Waals surface area contributed by atoms with E-state index < -0.39 is 0 Å². The summed E-state index contributed by atoms with van der Waals surface area (Å²) >= 11 is 0. The van der Waals surface area contributed by atoms with E-state index in [1.807, 2.05) is 0 Å². The second kappa shape index (κ2) is 3.43. The number of rotatable bonds is 1. The Morgan fingerprint density at radius 3 is 2.54 bits per heavy atom. The second-order valence-corrected chi connectivity index (χ2v) is 2.90. The first kappa shape index (κ1) is 9.51. The molecule has 1 heterocycles. The number of carbonyl (C=O) groups is 1. The summed E-state index contributed by atoms with van der Waals surface area (Å²) < 4.78 is 0. The van der Waals surface area contributed by atoms with Gasteiger partial charge in [-0.2, -0.15) is 0 Å². The molecule has 4 heteroatoms. The molecule has 0 bridgehead atoms. The van der Waals surface area contributed by atoms with Gasteiger partial charge >= 0.3 is 0 Å². The molecule has 0 aromatic carbocycles. The van der Waals surface area contributed by atoms with Crippen molar-refractivity contribution < 1.29 is 4.79 Å². The lowest BCUT2D eigenvalue weighted by atomic mass is 10.1. The average molecular weight is 180 g/mol. The summed E-state index contributed by atoms with van der Waals surface area (Å²) in [5.41, 5.74) is 1.66. The summed E-state index contributed by atoms with van der Waals surface area (Å²) in [6, 6.07) is 1.41. The number of pyridine rings is 1. The quantitative estimate of drug-likeness (QED) is 0.655. The molecule has 1 rings (SSSR count). The van der Waals surface area contributed by atoms with Gasteiger partial charge in [0.1, 0.15) is 0 Å². The summed E-state index contributed by atoms with van der Waals surface area (Å²) in [5, 5.41) is 2.52. The summed E-state index contributed by atoms with van der Waals surface area (Å²) in [5.74, 6) is -0.175. The molecule has 0 saturated heterocycles. The van der Waals surface area contributed by atoms with Crippen LogP contribution >= 0.6 is 0 Å². The van der Waals surface area contributed by atoms with E-state index >= 15 is 0 Å². The van der Waals surface area contributed by atoms with Gasteiger partial charge in [0.05, 0.1) is 5.56 Å². The minimum atomic E-state index is -0.178. The van der Waals surface area contributed by atoms with Gasteiger partial charge in [-0.3, -0.25) is 9.59 Å². The molecule has 0 unspecified atom stereocenters. The number of nitrogens with one attached hydrogen (secondary N) is 2. The summed E-state index contributed by atoms with van der Waals surface area (Å²) in [6.07, 6.45) is 0. The van der Waals surface area contributed by atoms with Crippen molar-refractivity contribution in [2.24, 2.45) is 0 Å². The highest BCUT2D eigenvalue weighted by molar-refractivity contribution is 5.96. The van der Waals surface area contributed by atoms with Gasteiger partial charge in [-0.05, 0) is 19.4 Å². The SMILES string of the molecule is CNC(=O)c1c(C)cc(=O)[nH]c1C. The van der Waals surface area contributed by atoms with Crippen LogP contribution in [0.3, 0.4) is 0 Å². The Morgan fingerprint density at radius 1 is 1.46 bits per heavy atom. The topological polar surface area (TPSA) is 62.0 Å². The van der Waals surface area contributed by atoms with Crippen LogP contribution in [0, 0.1) is 13.8 Å². The first-order chi connectivity index (χ1) is 6.06. The van der Waals surface area contributed by atoms with E-state index in [1.54, 1.807) is 20.9 Å². The fourth-order valence-corrected chi connectivity index (χ4v) is 1.32. The Labute approximate surface area is 76.0 Å². The molecule has 0 fully saturated rings. The molecule has 0 aliphatic heterocycles. The van der Waals surface area contributed by atoms with Gasteiger partial charge in [0, 0.05) is 18.8 Å². The highest BCUT2D eigenvalue weighted by atomic mass is 16.1. The lowest BCUT2D eigenvalue weighted by molar-refractivity contribution is 0.0961. The highest BCUT2D eigenvalue weighted by Gasteiger charge is 2.10. The zero-order valence-electron chi connectivity index (χ0n) is 7.89. The number of hydrogen-bond donors (Lipinski definition) is 2. The molecule has 2 N–H and O–H groups in total. The third-order valence-electron chi connectivity index (χ3n) is 1.88. The molecule has 70 valence electrons. The van der Waals surface area contributed by atoms with Crippen LogP contribution in [0.25, 0.3) is 0 Å². The largest absolute Gasteiger partial charge is 0.355 e. The van der Waals surface area contributed by atoms with Gasteiger partial charge in [0.25, 0.3) is 5.91 Å². The normalized spacial score (nSPS) is 9.77. The van der Waals surface area contributed by atoms with Crippen LogP contribution < -0.4 is 10.9 Å². The smallest absolute Gasteiger partial charge is 0.253 e. The lowest BCUT2D eigenvalue weighted by Crippen LogP contribution is -2.23. The molecule has 13 heavy (non-hydrogen) atoms. The zero-order valence-corrected chi connectivity index (χ0v) is 7.89. The second-order valence-electron chi connectivity index (χ2n) is 2.90. The van der Waals surface area contributed by atoms with Crippen LogP contribution in [0.2, 0.25) is 0 Å². The van der Waals surface area contributed by atoms with Crippen LogP contribution in [-0.2, 0) is 0 Å². The van der Waals surface area contributed by atoms with Gasteiger partial charge in [-0.15, -0.1) is 0 Å². The zero-order chi connectivity index (χ0) is 10.0. The standard InChI is InChI=1S/C9H12N2O2/c1-5-4-7(12)11-6(2)8(5)9(13)10-3/h4H,1-3H3,(H,10,13)(H,11,12). The molecular weight excluding hydrogens is 168 g/mol. The van der Waals surface area contributed by atoms with Gasteiger partial charge in [0.2, 0.25) is 5.56 Å². The Bertz CT molecular complexity index is 367. The van der Waals surface area contributed by atoms with Gasteiger partial charge in [-0.1, -0.05) is 0 Å². The Morgan fingerprint density at radius 2 is 2.08 bits per heavy atom. The molecule has 1 amide bonds. The molecule has 0 radical (unpaired) electrons. The predicted octanol–water partition coefficient (Wildman–Crippen LogP) is 0.351. The van der Waals surface area contributed by atoms with Crippen LogP contribution in [-0.4, -0.2) is 17.9 Å².